The van der Waals surface area contributed by atoms with Gasteiger partial charge in [0.1, 0.15) is 0 Å². The first-order valence-electron chi connectivity index (χ1n) is 6.35. The molecule has 2 aromatic carbocycles. The number of nitrogens with one attached hydrogen (secondary N) is 2. The number of aliphatic imine (C=N–C) groups is 1. The van der Waals surface area contributed by atoms with Crippen molar-refractivity contribution in [1.29, 1.82) is 5.26 Å². The molecule has 0 heterocycles. The van der Waals surface area contributed by atoms with Gasteiger partial charge in [-0.25, -0.2) is 4.99 Å². The Kier molecular flexibility index (Phi) is 4.74. The lowest BCUT2D eigenvalue weighted by Gasteiger charge is -2.08. The minimum absolute atomic E-state index is 0.445. The molecule has 0 radical (unpaired) electrons. The number of guanidine groups is 1. The quantitative estimate of drug-likeness (QED) is 0.388. The molecule has 0 unspecified atom stereocenters. The van der Waals surface area contributed by atoms with Crippen LogP contribution in [-0.2, 0) is 6.54 Å². The van der Waals surface area contributed by atoms with E-state index in [1.54, 1.807) is 0 Å². The van der Waals surface area contributed by atoms with Gasteiger partial charge < -0.3 is 5.32 Å². The lowest BCUT2D eigenvalue weighted by atomic mass is 10.2. The van der Waals surface area contributed by atoms with Crippen LogP contribution in [0.25, 0.3) is 0 Å². The maximum absolute atomic E-state index is 8.77. The van der Waals surface area contributed by atoms with Crippen LogP contribution in [0.15, 0.2) is 59.6 Å². The summed E-state index contributed by atoms with van der Waals surface area (Å²) in [5, 5.41) is 14.4. The zero-order valence-corrected chi connectivity index (χ0v) is 11.3. The zero-order chi connectivity index (χ0) is 14.2. The number of aryl methyl sites for hydroxylation is 1. The highest BCUT2D eigenvalue weighted by atomic mass is 15.2. The number of nitrogens with zero attached hydrogens (tertiary/aromatic N) is 2. The van der Waals surface area contributed by atoms with Crippen LogP contribution in [0, 0.1) is 18.4 Å². The highest BCUT2D eigenvalue weighted by Gasteiger charge is 1.99. The molecule has 0 aliphatic carbocycles. The summed E-state index contributed by atoms with van der Waals surface area (Å²) in [5.41, 5.74) is 3.17. The molecule has 0 spiro atoms. The van der Waals surface area contributed by atoms with E-state index in [2.05, 4.69) is 15.6 Å². The summed E-state index contributed by atoms with van der Waals surface area (Å²) in [6.45, 7) is 2.55. The minimum Gasteiger partial charge on any atom is -0.326 e. The number of hydrogen-bond acceptors (Lipinski definition) is 2. The van der Waals surface area contributed by atoms with E-state index < -0.39 is 0 Å². The van der Waals surface area contributed by atoms with Crippen molar-refractivity contribution in [2.45, 2.75) is 13.5 Å². The van der Waals surface area contributed by atoms with Crippen molar-refractivity contribution in [2.24, 2.45) is 4.99 Å². The summed E-state index contributed by atoms with van der Waals surface area (Å²) in [4.78, 5) is 4.37. The zero-order valence-electron chi connectivity index (χ0n) is 11.3. The fourth-order valence-electron chi connectivity index (χ4n) is 1.69. The molecule has 0 aromatic heterocycles. The van der Waals surface area contributed by atoms with Crippen LogP contribution in [0.5, 0.6) is 0 Å². The van der Waals surface area contributed by atoms with Crippen LogP contribution in [0.3, 0.4) is 0 Å². The van der Waals surface area contributed by atoms with Gasteiger partial charge in [0.05, 0.1) is 6.54 Å². The van der Waals surface area contributed by atoms with Crippen molar-refractivity contribution < 1.29 is 0 Å². The molecule has 0 amide bonds. The third-order valence-corrected chi connectivity index (χ3v) is 2.75. The lowest BCUT2D eigenvalue weighted by molar-refractivity contribution is 1.04. The molecule has 2 aromatic rings. The molecule has 2 N–H and O–H groups in total. The van der Waals surface area contributed by atoms with E-state index in [0.717, 1.165) is 11.3 Å². The predicted molar refractivity (Wildman–Crippen MR) is 81.1 cm³/mol. The molecular formula is C16H16N4. The van der Waals surface area contributed by atoms with Crippen molar-refractivity contribution >= 4 is 11.6 Å². The Morgan fingerprint density at radius 1 is 1.10 bits per heavy atom. The summed E-state index contributed by atoms with van der Waals surface area (Å²) < 4.78 is 0. The normalized spacial score (nSPS) is 10.7. The maximum Gasteiger partial charge on any atom is 0.209 e. The Hall–Kier alpha value is -2.80. The third kappa shape index (κ3) is 4.14. The largest absolute Gasteiger partial charge is 0.326 e. The molecule has 0 saturated carbocycles. The first kappa shape index (κ1) is 13.6. The number of benzene rings is 2. The molecule has 100 valence electrons. The average Bonchev–Trinajstić information content (AvgIpc) is 2.48. The van der Waals surface area contributed by atoms with Gasteiger partial charge in [-0.1, -0.05) is 48.0 Å². The fraction of sp³-hybridized carbons (Fsp3) is 0.125. The molecular weight excluding hydrogens is 248 g/mol. The van der Waals surface area contributed by atoms with E-state index in [9.17, 15) is 0 Å². The average molecular weight is 264 g/mol. The second-order valence-corrected chi connectivity index (χ2v) is 4.38. The maximum atomic E-state index is 8.77. The summed E-state index contributed by atoms with van der Waals surface area (Å²) in [5.74, 6) is 0.445. The molecule has 4 heteroatoms. The van der Waals surface area contributed by atoms with Gasteiger partial charge in [0, 0.05) is 5.69 Å². The van der Waals surface area contributed by atoms with Crippen LogP contribution in [0.1, 0.15) is 11.1 Å². The van der Waals surface area contributed by atoms with Gasteiger partial charge in [0.15, 0.2) is 6.19 Å². The first-order chi connectivity index (χ1) is 9.78. The van der Waals surface area contributed by atoms with E-state index >= 15 is 0 Å². The Labute approximate surface area is 118 Å². The topological polar surface area (TPSA) is 60.2 Å². The van der Waals surface area contributed by atoms with E-state index in [1.165, 1.54) is 5.56 Å². The van der Waals surface area contributed by atoms with Gasteiger partial charge in [0.25, 0.3) is 0 Å². The summed E-state index contributed by atoms with van der Waals surface area (Å²) in [7, 11) is 0. The standard InChI is InChI=1S/C16H16N4/c1-13-7-9-15(10-8-13)20-16(19-12-17)18-11-14-5-3-2-4-6-14/h2-10H,11H2,1H3,(H2,18,19,20). The minimum atomic E-state index is 0.445. The van der Waals surface area contributed by atoms with Crippen molar-refractivity contribution in [3.63, 3.8) is 0 Å². The molecule has 0 saturated heterocycles. The van der Waals surface area contributed by atoms with Crippen molar-refractivity contribution in [1.82, 2.24) is 5.32 Å². The fourth-order valence-corrected chi connectivity index (χ4v) is 1.69. The Morgan fingerprint density at radius 2 is 1.80 bits per heavy atom. The smallest absolute Gasteiger partial charge is 0.209 e. The molecule has 0 atom stereocenters. The molecule has 0 aliphatic heterocycles. The van der Waals surface area contributed by atoms with Gasteiger partial charge in [-0.15, -0.1) is 0 Å². The van der Waals surface area contributed by atoms with Gasteiger partial charge in [-0.3, -0.25) is 5.32 Å². The third-order valence-electron chi connectivity index (χ3n) is 2.75. The van der Waals surface area contributed by atoms with Crippen LogP contribution >= 0.6 is 0 Å². The van der Waals surface area contributed by atoms with Gasteiger partial charge >= 0.3 is 0 Å². The number of rotatable bonds is 3. The molecule has 2 rings (SSSR count). The van der Waals surface area contributed by atoms with Crippen LogP contribution < -0.4 is 10.6 Å². The van der Waals surface area contributed by atoms with Crippen LogP contribution in [0.4, 0.5) is 5.69 Å². The van der Waals surface area contributed by atoms with E-state index in [0.29, 0.717) is 12.5 Å². The highest BCUT2D eigenvalue weighted by molar-refractivity contribution is 5.94. The highest BCUT2D eigenvalue weighted by Crippen LogP contribution is 2.08. The van der Waals surface area contributed by atoms with Crippen molar-refractivity contribution in [3.8, 4) is 6.19 Å². The van der Waals surface area contributed by atoms with Crippen LogP contribution in [0.2, 0.25) is 0 Å². The molecule has 4 nitrogen and oxygen atoms in total. The predicted octanol–water partition coefficient (Wildman–Crippen LogP) is 3.03. The lowest BCUT2D eigenvalue weighted by Crippen LogP contribution is -2.26. The first-order valence-corrected chi connectivity index (χ1v) is 6.35. The number of hydrogen-bond donors (Lipinski definition) is 2. The summed E-state index contributed by atoms with van der Waals surface area (Å²) in [6, 6.07) is 17.8. The van der Waals surface area contributed by atoms with Gasteiger partial charge in [-0.05, 0) is 24.6 Å². The molecule has 0 aliphatic rings. The summed E-state index contributed by atoms with van der Waals surface area (Å²) in [6.07, 6.45) is 1.89. The SMILES string of the molecule is Cc1ccc(NC(=NCc2ccccc2)NC#N)cc1. The van der Waals surface area contributed by atoms with Crippen molar-refractivity contribution in [3.05, 3.63) is 65.7 Å². The van der Waals surface area contributed by atoms with Gasteiger partial charge in [0.2, 0.25) is 5.96 Å². The Balaban J connectivity index is 2.06. The number of nitriles is 1. The molecule has 20 heavy (non-hydrogen) atoms. The van der Waals surface area contributed by atoms with E-state index in [-0.39, 0.29) is 0 Å². The Morgan fingerprint density at radius 3 is 2.45 bits per heavy atom. The monoisotopic (exact) mass is 264 g/mol. The number of anilines is 1. The van der Waals surface area contributed by atoms with Crippen molar-refractivity contribution in [2.75, 3.05) is 5.32 Å². The second-order valence-electron chi connectivity index (χ2n) is 4.38. The van der Waals surface area contributed by atoms with Gasteiger partial charge in [-0.2, -0.15) is 5.26 Å². The molecule has 0 bridgehead atoms. The van der Waals surface area contributed by atoms with E-state index in [4.69, 9.17) is 5.26 Å². The molecule has 0 fully saturated rings. The summed E-state index contributed by atoms with van der Waals surface area (Å²) >= 11 is 0. The second kappa shape index (κ2) is 6.95. The van der Waals surface area contributed by atoms with E-state index in [1.807, 2.05) is 67.7 Å². The Bertz CT molecular complexity index is 609. The van der Waals surface area contributed by atoms with Crippen LogP contribution in [-0.4, -0.2) is 5.96 Å².